The van der Waals surface area contributed by atoms with Crippen LogP contribution in [0.15, 0.2) is 42.5 Å². The van der Waals surface area contributed by atoms with Crippen molar-refractivity contribution < 1.29 is 23.8 Å². The molecule has 1 atom stereocenters. The lowest BCUT2D eigenvalue weighted by Gasteiger charge is -2.17. The molecule has 31 heavy (non-hydrogen) atoms. The second-order valence-corrected chi connectivity index (χ2v) is 7.48. The highest BCUT2D eigenvalue weighted by Gasteiger charge is 2.33. The molecule has 166 valence electrons. The minimum absolute atomic E-state index is 0.0129. The molecule has 7 nitrogen and oxygen atoms in total. The lowest BCUT2D eigenvalue weighted by molar-refractivity contribution is -0.129. The standard InChI is InChI=1S/C24H30N2O5/c1-4-31-20-7-5-6-18(12-20)15-25-24(28)19-14-23(27)26(16-19)11-10-17-8-9-21(29-2)22(13-17)30-3/h5-9,12-13,19H,4,10-11,14-16H2,1-3H3,(H,25,28)/t19-/m0/s1. The van der Waals surface area contributed by atoms with Gasteiger partial charge in [0.1, 0.15) is 5.75 Å². The molecule has 1 fully saturated rings. The minimum Gasteiger partial charge on any atom is -0.494 e. The monoisotopic (exact) mass is 426 g/mol. The Morgan fingerprint density at radius 1 is 1.10 bits per heavy atom. The van der Waals surface area contributed by atoms with E-state index in [9.17, 15) is 9.59 Å². The van der Waals surface area contributed by atoms with Gasteiger partial charge in [0.2, 0.25) is 11.8 Å². The molecule has 0 saturated carbocycles. The first kappa shape index (κ1) is 22.5. The summed E-state index contributed by atoms with van der Waals surface area (Å²) in [6.45, 7) is 3.95. The molecule has 2 aromatic carbocycles. The number of likely N-dealkylation sites (tertiary alicyclic amines) is 1. The summed E-state index contributed by atoms with van der Waals surface area (Å²) < 4.78 is 16.1. The molecular formula is C24H30N2O5. The number of hydrogen-bond donors (Lipinski definition) is 1. The molecule has 3 rings (SSSR count). The maximum atomic E-state index is 12.6. The molecule has 1 N–H and O–H groups in total. The zero-order valence-electron chi connectivity index (χ0n) is 18.3. The Labute approximate surface area is 183 Å². The van der Waals surface area contributed by atoms with Crippen molar-refractivity contribution in [1.29, 1.82) is 0 Å². The van der Waals surface area contributed by atoms with E-state index in [4.69, 9.17) is 14.2 Å². The van der Waals surface area contributed by atoms with Gasteiger partial charge in [0.25, 0.3) is 0 Å². The van der Waals surface area contributed by atoms with Gasteiger partial charge in [-0.1, -0.05) is 18.2 Å². The average molecular weight is 427 g/mol. The van der Waals surface area contributed by atoms with Gasteiger partial charge in [-0.05, 0) is 48.7 Å². The molecule has 2 amide bonds. The molecule has 0 spiro atoms. The van der Waals surface area contributed by atoms with Gasteiger partial charge in [0, 0.05) is 26.1 Å². The fourth-order valence-corrected chi connectivity index (χ4v) is 3.71. The van der Waals surface area contributed by atoms with Gasteiger partial charge >= 0.3 is 0 Å². The van der Waals surface area contributed by atoms with Gasteiger partial charge in [-0.15, -0.1) is 0 Å². The van der Waals surface area contributed by atoms with Crippen LogP contribution in [0.3, 0.4) is 0 Å². The van der Waals surface area contributed by atoms with E-state index in [-0.39, 0.29) is 24.2 Å². The summed E-state index contributed by atoms with van der Waals surface area (Å²) in [6, 6.07) is 13.4. The first-order valence-electron chi connectivity index (χ1n) is 10.5. The molecule has 1 aliphatic rings. The zero-order chi connectivity index (χ0) is 22.2. The number of methoxy groups -OCH3 is 2. The number of nitrogens with zero attached hydrogens (tertiary/aromatic N) is 1. The number of nitrogens with one attached hydrogen (secondary N) is 1. The molecule has 0 aliphatic carbocycles. The first-order valence-corrected chi connectivity index (χ1v) is 10.5. The van der Waals surface area contributed by atoms with E-state index in [1.165, 1.54) is 0 Å². The normalized spacial score (nSPS) is 15.6. The fraction of sp³-hybridized carbons (Fsp3) is 0.417. The third kappa shape index (κ3) is 5.90. The van der Waals surface area contributed by atoms with Crippen molar-refractivity contribution in [2.24, 2.45) is 5.92 Å². The van der Waals surface area contributed by atoms with Crippen LogP contribution < -0.4 is 19.5 Å². The van der Waals surface area contributed by atoms with E-state index < -0.39 is 0 Å². The summed E-state index contributed by atoms with van der Waals surface area (Å²) in [5.41, 5.74) is 2.02. The van der Waals surface area contributed by atoms with Crippen LogP contribution >= 0.6 is 0 Å². The van der Waals surface area contributed by atoms with Crippen LogP contribution in [0.25, 0.3) is 0 Å². The number of ether oxygens (including phenoxy) is 3. The molecule has 0 unspecified atom stereocenters. The lowest BCUT2D eigenvalue weighted by Crippen LogP contribution is -2.33. The Hall–Kier alpha value is -3.22. The second-order valence-electron chi connectivity index (χ2n) is 7.48. The highest BCUT2D eigenvalue weighted by molar-refractivity contribution is 5.89. The molecule has 1 aliphatic heterocycles. The highest BCUT2D eigenvalue weighted by Crippen LogP contribution is 2.28. The quantitative estimate of drug-likeness (QED) is 0.632. The Kier molecular flexibility index (Phi) is 7.76. The number of amides is 2. The summed E-state index contributed by atoms with van der Waals surface area (Å²) in [6.07, 6.45) is 0.932. The van der Waals surface area contributed by atoms with Crippen LogP contribution in [-0.4, -0.2) is 50.6 Å². The number of carbonyl (C=O) groups is 2. The van der Waals surface area contributed by atoms with Gasteiger partial charge in [0.05, 0.1) is 26.7 Å². The third-order valence-corrected chi connectivity index (χ3v) is 5.38. The summed E-state index contributed by atoms with van der Waals surface area (Å²) in [7, 11) is 3.20. The maximum Gasteiger partial charge on any atom is 0.225 e. The summed E-state index contributed by atoms with van der Waals surface area (Å²) in [5.74, 6) is 1.72. The van der Waals surface area contributed by atoms with Crippen LogP contribution in [0, 0.1) is 5.92 Å². The Morgan fingerprint density at radius 2 is 1.90 bits per heavy atom. The Bertz CT molecular complexity index is 915. The third-order valence-electron chi connectivity index (χ3n) is 5.38. The smallest absolute Gasteiger partial charge is 0.225 e. The van der Waals surface area contributed by atoms with Crippen molar-refractivity contribution in [1.82, 2.24) is 10.2 Å². The van der Waals surface area contributed by atoms with Gasteiger partial charge in [-0.3, -0.25) is 9.59 Å². The van der Waals surface area contributed by atoms with Gasteiger partial charge in [-0.25, -0.2) is 0 Å². The summed E-state index contributed by atoms with van der Waals surface area (Å²) >= 11 is 0. The van der Waals surface area contributed by atoms with Gasteiger partial charge in [-0.2, -0.15) is 0 Å². The van der Waals surface area contributed by atoms with Crippen LogP contribution in [0.2, 0.25) is 0 Å². The van der Waals surface area contributed by atoms with Crippen LogP contribution in [0.1, 0.15) is 24.5 Å². The molecule has 2 aromatic rings. The van der Waals surface area contributed by atoms with Crippen molar-refractivity contribution in [2.75, 3.05) is 33.9 Å². The summed E-state index contributed by atoms with van der Waals surface area (Å²) in [4.78, 5) is 26.8. The van der Waals surface area contributed by atoms with Crippen LogP contribution in [0.5, 0.6) is 17.2 Å². The number of benzene rings is 2. The topological polar surface area (TPSA) is 77.1 Å². The second kappa shape index (κ2) is 10.7. The van der Waals surface area contributed by atoms with Crippen molar-refractivity contribution in [3.8, 4) is 17.2 Å². The molecule has 1 saturated heterocycles. The van der Waals surface area contributed by atoms with Crippen molar-refractivity contribution in [3.63, 3.8) is 0 Å². The van der Waals surface area contributed by atoms with Gasteiger partial charge < -0.3 is 24.4 Å². The predicted octanol–water partition coefficient (Wildman–Crippen LogP) is 2.81. The van der Waals surface area contributed by atoms with Crippen molar-refractivity contribution in [2.45, 2.75) is 26.3 Å². The average Bonchev–Trinajstić information content (AvgIpc) is 3.17. The largest absolute Gasteiger partial charge is 0.494 e. The molecule has 0 radical (unpaired) electrons. The summed E-state index contributed by atoms with van der Waals surface area (Å²) in [5, 5.41) is 2.95. The molecule has 0 aromatic heterocycles. The van der Waals surface area contributed by atoms with E-state index in [1.807, 2.05) is 49.4 Å². The lowest BCUT2D eigenvalue weighted by atomic mass is 10.1. The predicted molar refractivity (Wildman–Crippen MR) is 117 cm³/mol. The van der Waals surface area contributed by atoms with Crippen LogP contribution in [0.4, 0.5) is 0 Å². The SMILES string of the molecule is CCOc1cccc(CNC(=O)[C@H]2CC(=O)N(CCc3ccc(OC)c(OC)c3)C2)c1. The highest BCUT2D eigenvalue weighted by atomic mass is 16.5. The van der Waals surface area contributed by atoms with E-state index in [0.717, 1.165) is 16.9 Å². The number of carbonyl (C=O) groups excluding carboxylic acids is 2. The maximum absolute atomic E-state index is 12.6. The first-order chi connectivity index (χ1) is 15.0. The van der Waals surface area contributed by atoms with E-state index in [1.54, 1.807) is 19.1 Å². The van der Waals surface area contributed by atoms with Gasteiger partial charge in [0.15, 0.2) is 11.5 Å². The molecule has 7 heteroatoms. The van der Waals surface area contributed by atoms with Crippen molar-refractivity contribution in [3.05, 3.63) is 53.6 Å². The zero-order valence-corrected chi connectivity index (χ0v) is 18.3. The number of rotatable bonds is 10. The fourth-order valence-electron chi connectivity index (χ4n) is 3.71. The van der Waals surface area contributed by atoms with Crippen molar-refractivity contribution >= 4 is 11.8 Å². The van der Waals surface area contributed by atoms with Crippen LogP contribution in [-0.2, 0) is 22.6 Å². The molecular weight excluding hydrogens is 396 g/mol. The minimum atomic E-state index is -0.326. The molecule has 1 heterocycles. The Balaban J connectivity index is 1.50. The van der Waals surface area contributed by atoms with E-state index >= 15 is 0 Å². The Morgan fingerprint density at radius 3 is 2.65 bits per heavy atom. The molecule has 0 bridgehead atoms. The van der Waals surface area contributed by atoms with E-state index in [2.05, 4.69) is 5.32 Å². The van der Waals surface area contributed by atoms with E-state index in [0.29, 0.717) is 44.2 Å². The number of hydrogen-bond acceptors (Lipinski definition) is 5.